The average molecular weight is 539 g/mol. The van der Waals surface area contributed by atoms with E-state index in [0.717, 1.165) is 24.2 Å². The first-order chi connectivity index (χ1) is 18.1. The van der Waals surface area contributed by atoms with Crippen molar-refractivity contribution < 1.29 is 19.1 Å². The molecule has 0 bridgehead atoms. The van der Waals surface area contributed by atoms with Crippen molar-refractivity contribution in [2.24, 2.45) is 0 Å². The second-order valence-electron chi connectivity index (χ2n) is 11.1. The molecular weight excluding hydrogens is 504 g/mol. The van der Waals surface area contributed by atoms with Crippen LogP contribution in [0.15, 0.2) is 36.4 Å². The number of nitrogens with zero attached hydrogens (tertiary/aromatic N) is 1. The molecule has 8 nitrogen and oxygen atoms in total. The highest BCUT2D eigenvalue weighted by molar-refractivity contribution is 6.32. The first kappa shape index (κ1) is 26.4. The lowest BCUT2D eigenvalue weighted by Crippen LogP contribution is -2.62. The zero-order valence-corrected chi connectivity index (χ0v) is 23.1. The summed E-state index contributed by atoms with van der Waals surface area (Å²) in [5.74, 6) is 0.916. The Balaban J connectivity index is 1.45. The average Bonchev–Trinajstić information content (AvgIpc) is 2.87. The smallest absolute Gasteiger partial charge is 0.251 e. The molecule has 0 saturated carbocycles. The summed E-state index contributed by atoms with van der Waals surface area (Å²) in [6.45, 7) is 8.42. The standard InChI is InChI=1S/C29H35ClN4O4/c1-5-29(6-2)16-24(35)34(27(31)33-29)22-11-12-37-25-19(22)13-17(14-20(25)30)26(36)32-21-15-28(3,4)38-23-10-8-7-9-18(21)23/h7-10,13-14,21-22H,5-6,11-12,15-16H2,1-4H3,(H2,31,33)(H,32,36)/t21-,22+/m0/s1. The maximum absolute atomic E-state index is 13.6. The molecule has 0 spiro atoms. The lowest BCUT2D eigenvalue weighted by Gasteiger charge is -2.45. The molecule has 38 heavy (non-hydrogen) atoms. The van der Waals surface area contributed by atoms with Crippen LogP contribution in [-0.2, 0) is 4.79 Å². The van der Waals surface area contributed by atoms with E-state index in [2.05, 4.69) is 10.6 Å². The molecule has 5 rings (SSSR count). The molecule has 2 aromatic rings. The van der Waals surface area contributed by atoms with E-state index in [1.807, 2.05) is 52.0 Å². The monoisotopic (exact) mass is 538 g/mol. The lowest BCUT2D eigenvalue weighted by molar-refractivity contribution is -0.133. The van der Waals surface area contributed by atoms with Crippen molar-refractivity contribution in [3.63, 3.8) is 0 Å². The summed E-state index contributed by atoms with van der Waals surface area (Å²) >= 11 is 6.63. The highest BCUT2D eigenvalue weighted by atomic mass is 35.5. The number of nitrogens with one attached hydrogen (secondary N) is 3. The van der Waals surface area contributed by atoms with Crippen LogP contribution in [0.25, 0.3) is 0 Å². The van der Waals surface area contributed by atoms with E-state index in [4.69, 9.17) is 26.5 Å². The highest BCUT2D eigenvalue weighted by Gasteiger charge is 2.44. The van der Waals surface area contributed by atoms with Crippen molar-refractivity contribution in [1.82, 2.24) is 15.5 Å². The number of benzene rings is 2. The summed E-state index contributed by atoms with van der Waals surface area (Å²) in [6.07, 6.45) is 2.91. The maximum Gasteiger partial charge on any atom is 0.251 e. The van der Waals surface area contributed by atoms with Crippen molar-refractivity contribution in [2.45, 2.75) is 83.0 Å². The summed E-state index contributed by atoms with van der Waals surface area (Å²) in [5.41, 5.74) is 1.10. The van der Waals surface area contributed by atoms with Gasteiger partial charge in [-0.1, -0.05) is 43.6 Å². The Morgan fingerprint density at radius 2 is 1.95 bits per heavy atom. The Kier molecular flexibility index (Phi) is 6.80. The zero-order valence-electron chi connectivity index (χ0n) is 22.3. The minimum Gasteiger partial charge on any atom is -0.492 e. The number of carbonyl (C=O) groups is 2. The van der Waals surface area contributed by atoms with Crippen LogP contribution in [0.2, 0.25) is 5.02 Å². The van der Waals surface area contributed by atoms with E-state index in [1.54, 1.807) is 12.1 Å². The van der Waals surface area contributed by atoms with E-state index in [0.29, 0.717) is 47.8 Å². The molecule has 1 fully saturated rings. The van der Waals surface area contributed by atoms with Crippen LogP contribution in [0.3, 0.4) is 0 Å². The van der Waals surface area contributed by atoms with E-state index in [-0.39, 0.29) is 23.8 Å². The fourth-order valence-electron chi connectivity index (χ4n) is 5.88. The third-order valence-corrected chi connectivity index (χ3v) is 8.34. The molecule has 2 amide bonds. The Morgan fingerprint density at radius 1 is 1.21 bits per heavy atom. The van der Waals surface area contributed by atoms with Gasteiger partial charge in [0.15, 0.2) is 5.96 Å². The van der Waals surface area contributed by atoms with Gasteiger partial charge in [-0.15, -0.1) is 0 Å². The summed E-state index contributed by atoms with van der Waals surface area (Å²) in [6, 6.07) is 10.4. The van der Waals surface area contributed by atoms with Crippen LogP contribution < -0.4 is 20.1 Å². The summed E-state index contributed by atoms with van der Waals surface area (Å²) in [4.78, 5) is 28.4. The molecule has 1 saturated heterocycles. The quantitative estimate of drug-likeness (QED) is 0.465. The summed E-state index contributed by atoms with van der Waals surface area (Å²) in [7, 11) is 0. The topological polar surface area (TPSA) is 104 Å². The van der Waals surface area contributed by atoms with E-state index in [1.165, 1.54) is 4.90 Å². The number of halogens is 1. The normalized spacial score (nSPS) is 23.3. The fraction of sp³-hybridized carbons (Fsp3) is 0.483. The van der Waals surface area contributed by atoms with Crippen LogP contribution in [0.1, 0.15) is 93.4 Å². The van der Waals surface area contributed by atoms with Crippen molar-refractivity contribution in [1.29, 1.82) is 5.41 Å². The largest absolute Gasteiger partial charge is 0.492 e. The summed E-state index contributed by atoms with van der Waals surface area (Å²) < 4.78 is 12.0. The van der Waals surface area contributed by atoms with Gasteiger partial charge in [0, 0.05) is 35.1 Å². The van der Waals surface area contributed by atoms with Gasteiger partial charge >= 0.3 is 0 Å². The molecule has 2 aromatic carbocycles. The number of guanidine groups is 1. The maximum atomic E-state index is 13.6. The van der Waals surface area contributed by atoms with Gasteiger partial charge in [-0.25, -0.2) is 0 Å². The van der Waals surface area contributed by atoms with Crippen LogP contribution in [-0.4, -0.2) is 40.4 Å². The third-order valence-electron chi connectivity index (χ3n) is 8.06. The molecule has 9 heteroatoms. The molecule has 0 aliphatic carbocycles. The number of carbonyl (C=O) groups excluding carboxylic acids is 2. The van der Waals surface area contributed by atoms with Crippen molar-refractivity contribution in [2.75, 3.05) is 6.61 Å². The third kappa shape index (κ3) is 4.70. The van der Waals surface area contributed by atoms with Crippen molar-refractivity contribution in [3.05, 3.63) is 58.1 Å². The van der Waals surface area contributed by atoms with Crippen LogP contribution in [0, 0.1) is 5.41 Å². The molecule has 0 unspecified atom stereocenters. The number of hydrogen-bond acceptors (Lipinski definition) is 5. The van der Waals surface area contributed by atoms with Crippen molar-refractivity contribution in [3.8, 4) is 11.5 Å². The number of para-hydroxylation sites is 1. The first-order valence-electron chi connectivity index (χ1n) is 13.3. The second kappa shape index (κ2) is 9.80. The Bertz CT molecular complexity index is 1270. The molecule has 3 heterocycles. The molecule has 202 valence electrons. The zero-order chi connectivity index (χ0) is 27.2. The van der Waals surface area contributed by atoms with Crippen LogP contribution in [0.4, 0.5) is 0 Å². The van der Waals surface area contributed by atoms with Gasteiger partial charge in [0.2, 0.25) is 5.91 Å². The van der Waals surface area contributed by atoms with Gasteiger partial charge in [0.1, 0.15) is 17.1 Å². The van der Waals surface area contributed by atoms with Gasteiger partial charge in [0.05, 0.1) is 30.1 Å². The molecule has 3 N–H and O–H groups in total. The number of hydrogen-bond donors (Lipinski definition) is 3. The van der Waals surface area contributed by atoms with Gasteiger partial charge in [-0.3, -0.25) is 19.9 Å². The van der Waals surface area contributed by atoms with Gasteiger partial charge in [-0.05, 0) is 44.9 Å². The minimum atomic E-state index is -0.453. The van der Waals surface area contributed by atoms with Crippen LogP contribution in [0.5, 0.6) is 11.5 Å². The van der Waals surface area contributed by atoms with Crippen LogP contribution >= 0.6 is 11.6 Å². The highest BCUT2D eigenvalue weighted by Crippen LogP contribution is 2.44. The number of amides is 2. The SMILES string of the molecule is CCC1(CC)CC(=O)N([C@@H]2CCOc3c(Cl)cc(C(=O)N[C@H]4CC(C)(C)Oc5ccccc54)cc32)C(=N)N1. The van der Waals surface area contributed by atoms with E-state index < -0.39 is 17.2 Å². The first-order valence-corrected chi connectivity index (χ1v) is 13.7. The Hall–Kier alpha value is -3.26. The Morgan fingerprint density at radius 3 is 2.66 bits per heavy atom. The second-order valence-corrected chi connectivity index (χ2v) is 11.5. The van der Waals surface area contributed by atoms with E-state index >= 15 is 0 Å². The predicted molar refractivity (Wildman–Crippen MR) is 146 cm³/mol. The Labute approximate surface area is 228 Å². The molecule has 2 atom stereocenters. The summed E-state index contributed by atoms with van der Waals surface area (Å²) in [5, 5.41) is 15.5. The molecule has 0 radical (unpaired) electrons. The van der Waals surface area contributed by atoms with Crippen molar-refractivity contribution >= 4 is 29.4 Å². The fourth-order valence-corrected chi connectivity index (χ4v) is 6.16. The number of fused-ring (bicyclic) bond motifs is 2. The predicted octanol–water partition coefficient (Wildman–Crippen LogP) is 5.51. The van der Waals surface area contributed by atoms with Gasteiger partial charge < -0.3 is 20.1 Å². The lowest BCUT2D eigenvalue weighted by atomic mass is 9.85. The molecule has 3 aliphatic heterocycles. The van der Waals surface area contributed by atoms with E-state index in [9.17, 15) is 9.59 Å². The molecular formula is C29H35ClN4O4. The number of ether oxygens (including phenoxy) is 2. The van der Waals surface area contributed by atoms with Gasteiger partial charge in [0.25, 0.3) is 5.91 Å². The van der Waals surface area contributed by atoms with Gasteiger partial charge in [-0.2, -0.15) is 0 Å². The molecule has 0 aromatic heterocycles. The number of rotatable bonds is 5. The molecule has 3 aliphatic rings. The minimum absolute atomic E-state index is 0.0785.